The number of aryl methyl sites for hydroxylation is 2. The molecule has 1 amide bonds. The number of esters is 1. The molecule has 2 aromatic carbocycles. The van der Waals surface area contributed by atoms with Crippen molar-refractivity contribution in [3.8, 4) is 0 Å². The lowest BCUT2D eigenvalue weighted by molar-refractivity contribution is -0.118. The van der Waals surface area contributed by atoms with Crippen molar-refractivity contribution < 1.29 is 19.1 Å². The van der Waals surface area contributed by atoms with Crippen LogP contribution in [0.25, 0.3) is 0 Å². The first-order chi connectivity index (χ1) is 13.4. The van der Waals surface area contributed by atoms with Crippen LogP contribution < -0.4 is 5.32 Å². The van der Waals surface area contributed by atoms with E-state index in [0.29, 0.717) is 16.8 Å². The molecular weight excluding hydrogens is 354 g/mol. The maximum atomic E-state index is 12.3. The summed E-state index contributed by atoms with van der Waals surface area (Å²) in [7, 11) is 0. The molecule has 0 unspecified atom stereocenters. The fourth-order valence-electron chi connectivity index (χ4n) is 3.18. The SMILES string of the molecule is CC(C)C(=O)Nc1ccc(C(=O)COC(=O)c2ccc3c(c2)CCCC3)cc1. The predicted molar refractivity (Wildman–Crippen MR) is 108 cm³/mol. The van der Waals surface area contributed by atoms with Crippen LogP contribution in [0, 0.1) is 5.92 Å². The van der Waals surface area contributed by atoms with Gasteiger partial charge in [0, 0.05) is 17.2 Å². The van der Waals surface area contributed by atoms with Crippen LogP contribution in [0.5, 0.6) is 0 Å². The molecule has 146 valence electrons. The molecule has 1 aliphatic carbocycles. The van der Waals surface area contributed by atoms with Crippen LogP contribution in [0.2, 0.25) is 0 Å². The van der Waals surface area contributed by atoms with Gasteiger partial charge in [-0.3, -0.25) is 9.59 Å². The van der Waals surface area contributed by atoms with Crippen molar-refractivity contribution in [1.29, 1.82) is 0 Å². The molecule has 3 rings (SSSR count). The van der Waals surface area contributed by atoms with Crippen LogP contribution in [-0.4, -0.2) is 24.3 Å². The Labute approximate surface area is 165 Å². The Hall–Kier alpha value is -2.95. The molecule has 0 aliphatic heterocycles. The number of nitrogens with one attached hydrogen (secondary N) is 1. The zero-order valence-electron chi connectivity index (χ0n) is 16.3. The number of Topliss-reactive ketones (excluding diaryl/α,β-unsaturated/α-hetero) is 1. The molecule has 0 saturated carbocycles. The highest BCUT2D eigenvalue weighted by Gasteiger charge is 2.16. The average Bonchev–Trinajstić information content (AvgIpc) is 2.71. The summed E-state index contributed by atoms with van der Waals surface area (Å²) in [6.45, 7) is 3.31. The zero-order chi connectivity index (χ0) is 20.1. The summed E-state index contributed by atoms with van der Waals surface area (Å²) in [6.07, 6.45) is 4.36. The molecule has 0 saturated heterocycles. The molecule has 0 radical (unpaired) electrons. The first-order valence-corrected chi connectivity index (χ1v) is 9.67. The van der Waals surface area contributed by atoms with E-state index in [4.69, 9.17) is 4.74 Å². The number of carbonyl (C=O) groups excluding carboxylic acids is 3. The van der Waals surface area contributed by atoms with Crippen molar-refractivity contribution in [1.82, 2.24) is 0 Å². The van der Waals surface area contributed by atoms with Gasteiger partial charge in [0.05, 0.1) is 5.56 Å². The number of hydrogen-bond donors (Lipinski definition) is 1. The van der Waals surface area contributed by atoms with Crippen LogP contribution in [0.15, 0.2) is 42.5 Å². The maximum absolute atomic E-state index is 12.3. The van der Waals surface area contributed by atoms with E-state index in [2.05, 4.69) is 5.32 Å². The number of ketones is 1. The lowest BCUT2D eigenvalue weighted by atomic mass is 9.90. The van der Waals surface area contributed by atoms with E-state index in [-0.39, 0.29) is 24.2 Å². The minimum absolute atomic E-state index is 0.0851. The Morgan fingerprint density at radius 1 is 0.929 bits per heavy atom. The van der Waals surface area contributed by atoms with Gasteiger partial charge in [0.25, 0.3) is 0 Å². The topological polar surface area (TPSA) is 72.5 Å². The van der Waals surface area contributed by atoms with Gasteiger partial charge in [-0.1, -0.05) is 19.9 Å². The molecule has 1 N–H and O–H groups in total. The minimum atomic E-state index is -0.484. The van der Waals surface area contributed by atoms with Gasteiger partial charge in [0.1, 0.15) is 0 Å². The molecule has 28 heavy (non-hydrogen) atoms. The van der Waals surface area contributed by atoms with E-state index in [1.54, 1.807) is 30.3 Å². The van der Waals surface area contributed by atoms with Crippen molar-refractivity contribution in [3.05, 3.63) is 64.7 Å². The standard InChI is InChI=1S/C23H25NO4/c1-15(2)22(26)24-20-11-9-17(10-12-20)21(25)14-28-23(27)19-8-7-16-5-3-4-6-18(16)13-19/h7-13,15H,3-6,14H2,1-2H3,(H,24,26). The lowest BCUT2D eigenvalue weighted by Gasteiger charge is -2.16. The van der Waals surface area contributed by atoms with Crippen LogP contribution in [0.1, 0.15) is 58.5 Å². The molecule has 0 fully saturated rings. The highest BCUT2D eigenvalue weighted by atomic mass is 16.5. The Kier molecular flexibility index (Phi) is 6.24. The highest BCUT2D eigenvalue weighted by Crippen LogP contribution is 2.22. The quantitative estimate of drug-likeness (QED) is 0.603. The van der Waals surface area contributed by atoms with Gasteiger partial charge < -0.3 is 10.1 Å². The van der Waals surface area contributed by atoms with Gasteiger partial charge in [0.15, 0.2) is 12.4 Å². The number of anilines is 1. The highest BCUT2D eigenvalue weighted by molar-refractivity contribution is 6.00. The van der Waals surface area contributed by atoms with Gasteiger partial charge in [-0.25, -0.2) is 4.79 Å². The lowest BCUT2D eigenvalue weighted by Crippen LogP contribution is -2.18. The van der Waals surface area contributed by atoms with Gasteiger partial charge in [-0.2, -0.15) is 0 Å². The first-order valence-electron chi connectivity index (χ1n) is 9.67. The number of hydrogen-bond acceptors (Lipinski definition) is 4. The van der Waals surface area contributed by atoms with Crippen molar-refractivity contribution in [2.75, 3.05) is 11.9 Å². The summed E-state index contributed by atoms with van der Waals surface area (Å²) in [4.78, 5) is 36.3. The van der Waals surface area contributed by atoms with Crippen LogP contribution in [-0.2, 0) is 22.4 Å². The summed E-state index contributed by atoms with van der Waals surface area (Å²) in [5, 5.41) is 2.77. The molecule has 0 atom stereocenters. The van der Waals surface area contributed by atoms with Gasteiger partial charge >= 0.3 is 5.97 Å². The Bertz CT molecular complexity index is 884. The number of rotatable bonds is 6. The second kappa shape index (κ2) is 8.83. The number of benzene rings is 2. The van der Waals surface area contributed by atoms with Crippen LogP contribution in [0.3, 0.4) is 0 Å². The monoisotopic (exact) mass is 379 g/mol. The number of fused-ring (bicyclic) bond motifs is 1. The van der Waals surface area contributed by atoms with E-state index in [0.717, 1.165) is 19.3 Å². The number of carbonyl (C=O) groups is 3. The van der Waals surface area contributed by atoms with Crippen LogP contribution in [0.4, 0.5) is 5.69 Å². The van der Waals surface area contributed by atoms with E-state index < -0.39 is 5.97 Å². The van der Waals surface area contributed by atoms with Gasteiger partial charge in [-0.05, 0) is 73.2 Å². The summed E-state index contributed by atoms with van der Waals surface area (Å²) < 4.78 is 5.20. The zero-order valence-corrected chi connectivity index (χ0v) is 16.3. The smallest absolute Gasteiger partial charge is 0.338 e. The van der Waals surface area contributed by atoms with Gasteiger partial charge in [0.2, 0.25) is 5.91 Å². The third-order valence-corrected chi connectivity index (χ3v) is 4.92. The molecule has 1 aliphatic rings. The van der Waals surface area contributed by atoms with Crippen molar-refractivity contribution in [2.45, 2.75) is 39.5 Å². The van der Waals surface area contributed by atoms with Crippen molar-refractivity contribution in [2.24, 2.45) is 5.92 Å². The summed E-state index contributed by atoms with van der Waals surface area (Å²) >= 11 is 0. The second-order valence-corrected chi connectivity index (χ2v) is 7.41. The largest absolute Gasteiger partial charge is 0.454 e. The molecule has 0 heterocycles. The first kappa shape index (κ1) is 19.8. The summed E-state index contributed by atoms with van der Waals surface area (Å²) in [5.74, 6) is -0.974. The summed E-state index contributed by atoms with van der Waals surface area (Å²) in [5.41, 5.74) is 4.04. The summed E-state index contributed by atoms with van der Waals surface area (Å²) in [6, 6.07) is 12.2. The predicted octanol–water partition coefficient (Wildman–Crippen LogP) is 4.20. The normalized spacial score (nSPS) is 13.0. The molecule has 0 aromatic heterocycles. The van der Waals surface area contributed by atoms with Crippen molar-refractivity contribution >= 4 is 23.3 Å². The minimum Gasteiger partial charge on any atom is -0.454 e. The van der Waals surface area contributed by atoms with E-state index in [1.165, 1.54) is 17.5 Å². The third-order valence-electron chi connectivity index (χ3n) is 4.92. The molecule has 5 nitrogen and oxygen atoms in total. The van der Waals surface area contributed by atoms with E-state index in [1.807, 2.05) is 26.0 Å². The Morgan fingerprint density at radius 2 is 1.57 bits per heavy atom. The molecular formula is C23H25NO4. The Morgan fingerprint density at radius 3 is 2.25 bits per heavy atom. The fraction of sp³-hybridized carbons (Fsp3) is 0.348. The van der Waals surface area contributed by atoms with Crippen molar-refractivity contribution in [3.63, 3.8) is 0 Å². The average molecular weight is 379 g/mol. The molecule has 0 spiro atoms. The fourth-order valence-corrected chi connectivity index (χ4v) is 3.18. The van der Waals surface area contributed by atoms with E-state index in [9.17, 15) is 14.4 Å². The molecule has 2 aromatic rings. The number of amides is 1. The third kappa shape index (κ3) is 4.85. The second-order valence-electron chi connectivity index (χ2n) is 7.41. The Balaban J connectivity index is 1.56. The van der Waals surface area contributed by atoms with Gasteiger partial charge in [-0.15, -0.1) is 0 Å². The molecule has 5 heteroatoms. The molecule has 0 bridgehead atoms. The van der Waals surface area contributed by atoms with E-state index >= 15 is 0 Å². The maximum Gasteiger partial charge on any atom is 0.338 e. The van der Waals surface area contributed by atoms with Crippen LogP contribution >= 0.6 is 0 Å². The number of ether oxygens (including phenoxy) is 1.